The van der Waals surface area contributed by atoms with Gasteiger partial charge in [-0.05, 0) is 50.1 Å². The Morgan fingerprint density at radius 3 is 2.31 bits per heavy atom. The van der Waals surface area contributed by atoms with Crippen LogP contribution < -0.4 is 10.6 Å². The summed E-state index contributed by atoms with van der Waals surface area (Å²) in [4.78, 5) is 34.8. The van der Waals surface area contributed by atoms with Gasteiger partial charge in [-0.3, -0.25) is 9.59 Å². The molecule has 0 atom stereocenters. The van der Waals surface area contributed by atoms with E-state index in [4.69, 9.17) is 0 Å². The summed E-state index contributed by atoms with van der Waals surface area (Å²) in [6, 6.07) is 17.6. The van der Waals surface area contributed by atoms with Gasteiger partial charge < -0.3 is 15.5 Å². The number of anilines is 2. The Labute approximate surface area is 187 Å². The van der Waals surface area contributed by atoms with Crippen LogP contribution in [0.15, 0.2) is 60.8 Å². The first-order valence-corrected chi connectivity index (χ1v) is 10.8. The fourth-order valence-corrected chi connectivity index (χ4v) is 3.83. The highest BCUT2D eigenvalue weighted by atomic mass is 16.2. The molecule has 32 heavy (non-hydrogen) atoms. The van der Waals surface area contributed by atoms with Crippen molar-refractivity contribution in [3.05, 3.63) is 71.9 Å². The summed E-state index contributed by atoms with van der Waals surface area (Å²) < 4.78 is 0. The Hall–Kier alpha value is -3.74. The van der Waals surface area contributed by atoms with E-state index in [1.165, 1.54) is 12.5 Å². The van der Waals surface area contributed by atoms with Crippen molar-refractivity contribution in [2.24, 2.45) is 0 Å². The molecule has 2 amide bonds. The summed E-state index contributed by atoms with van der Waals surface area (Å²) in [7, 11) is 0. The largest absolute Gasteiger partial charge is 0.353 e. The van der Waals surface area contributed by atoms with Crippen LogP contribution in [0.3, 0.4) is 0 Å². The zero-order valence-electron chi connectivity index (χ0n) is 18.3. The predicted octanol–water partition coefficient (Wildman–Crippen LogP) is 3.94. The Morgan fingerprint density at radius 2 is 1.66 bits per heavy atom. The lowest BCUT2D eigenvalue weighted by atomic mass is 10.0. The van der Waals surface area contributed by atoms with E-state index in [0.29, 0.717) is 24.6 Å². The minimum absolute atomic E-state index is 0.00967. The predicted molar refractivity (Wildman–Crippen MR) is 125 cm³/mol. The fraction of sp³-hybridized carbons (Fsp3) is 0.280. The van der Waals surface area contributed by atoms with Crippen LogP contribution >= 0.6 is 0 Å². The molecule has 0 bridgehead atoms. The molecule has 1 fully saturated rings. The Balaban J connectivity index is 1.38. The van der Waals surface area contributed by atoms with Crippen LogP contribution in [-0.4, -0.2) is 45.8 Å². The van der Waals surface area contributed by atoms with E-state index in [-0.39, 0.29) is 17.9 Å². The number of hydrogen-bond donors (Lipinski definition) is 2. The normalized spacial score (nSPS) is 14.1. The molecule has 1 aliphatic rings. The SMILES string of the molecule is CC(=O)NC1CCN(C(=O)c2ccc(Nc3nccc(-c4ccc(C)cc4)n3)cc2)CC1. The van der Waals surface area contributed by atoms with E-state index in [0.717, 1.165) is 29.8 Å². The highest BCUT2D eigenvalue weighted by Crippen LogP contribution is 2.21. The lowest BCUT2D eigenvalue weighted by molar-refractivity contribution is -0.119. The second kappa shape index (κ2) is 9.60. The first kappa shape index (κ1) is 21.5. The van der Waals surface area contributed by atoms with Crippen molar-refractivity contribution in [2.45, 2.75) is 32.7 Å². The van der Waals surface area contributed by atoms with Gasteiger partial charge in [-0.1, -0.05) is 29.8 Å². The first-order chi connectivity index (χ1) is 15.5. The highest BCUT2D eigenvalue weighted by Gasteiger charge is 2.24. The average molecular weight is 430 g/mol. The van der Waals surface area contributed by atoms with E-state index >= 15 is 0 Å². The minimum Gasteiger partial charge on any atom is -0.353 e. The van der Waals surface area contributed by atoms with E-state index in [2.05, 4.69) is 39.7 Å². The van der Waals surface area contributed by atoms with Gasteiger partial charge in [0.15, 0.2) is 0 Å². The van der Waals surface area contributed by atoms with Gasteiger partial charge in [0.05, 0.1) is 5.69 Å². The van der Waals surface area contributed by atoms with Gasteiger partial charge in [0.1, 0.15) is 0 Å². The van der Waals surface area contributed by atoms with Crippen molar-refractivity contribution < 1.29 is 9.59 Å². The third-order valence-electron chi connectivity index (χ3n) is 5.58. The number of benzene rings is 2. The van der Waals surface area contributed by atoms with Gasteiger partial charge in [0, 0.05) is 49.1 Å². The summed E-state index contributed by atoms with van der Waals surface area (Å²) in [6.45, 7) is 4.86. The van der Waals surface area contributed by atoms with E-state index in [1.807, 2.05) is 47.4 Å². The molecule has 7 heteroatoms. The maximum Gasteiger partial charge on any atom is 0.253 e. The lowest BCUT2D eigenvalue weighted by Crippen LogP contribution is -2.46. The van der Waals surface area contributed by atoms with Gasteiger partial charge in [-0.2, -0.15) is 0 Å². The van der Waals surface area contributed by atoms with E-state index < -0.39 is 0 Å². The molecule has 4 rings (SSSR count). The molecule has 0 spiro atoms. The quantitative estimate of drug-likeness (QED) is 0.642. The second-order valence-electron chi connectivity index (χ2n) is 8.10. The summed E-state index contributed by atoms with van der Waals surface area (Å²) in [5.74, 6) is 0.490. The molecule has 2 N–H and O–H groups in total. The third-order valence-corrected chi connectivity index (χ3v) is 5.58. The number of rotatable bonds is 5. The number of carbonyl (C=O) groups is 2. The Bertz CT molecular complexity index is 1090. The molecular formula is C25H27N5O2. The van der Waals surface area contributed by atoms with Gasteiger partial charge in [0.2, 0.25) is 11.9 Å². The molecule has 2 heterocycles. The highest BCUT2D eigenvalue weighted by molar-refractivity contribution is 5.94. The summed E-state index contributed by atoms with van der Waals surface area (Å²) in [5, 5.41) is 6.14. The van der Waals surface area contributed by atoms with Crippen molar-refractivity contribution in [2.75, 3.05) is 18.4 Å². The van der Waals surface area contributed by atoms with Crippen LogP contribution in [0.25, 0.3) is 11.3 Å². The molecular weight excluding hydrogens is 402 g/mol. The van der Waals surface area contributed by atoms with Gasteiger partial charge >= 0.3 is 0 Å². The molecule has 0 unspecified atom stereocenters. The summed E-state index contributed by atoms with van der Waals surface area (Å²) in [5.41, 5.74) is 4.53. The van der Waals surface area contributed by atoms with Crippen molar-refractivity contribution in [1.82, 2.24) is 20.2 Å². The molecule has 1 aliphatic heterocycles. The molecule has 1 saturated heterocycles. The molecule has 0 aliphatic carbocycles. The van der Waals surface area contributed by atoms with Crippen molar-refractivity contribution >= 4 is 23.5 Å². The molecule has 3 aromatic rings. The standard InChI is InChI=1S/C25H27N5O2/c1-17-3-5-19(6-4-17)23-11-14-26-25(29-23)28-21-9-7-20(8-10-21)24(32)30-15-12-22(13-16-30)27-18(2)31/h3-11,14,22H,12-13,15-16H2,1-2H3,(H,27,31)(H,26,28,29). The molecule has 0 saturated carbocycles. The van der Waals surface area contributed by atoms with Crippen LogP contribution in [0.5, 0.6) is 0 Å². The van der Waals surface area contributed by atoms with Crippen molar-refractivity contribution in [1.29, 1.82) is 0 Å². The van der Waals surface area contributed by atoms with Crippen LogP contribution in [0.1, 0.15) is 35.7 Å². The zero-order valence-corrected chi connectivity index (χ0v) is 18.3. The minimum atomic E-state index is -0.0220. The van der Waals surface area contributed by atoms with Gasteiger partial charge in [-0.25, -0.2) is 9.97 Å². The monoisotopic (exact) mass is 429 g/mol. The number of hydrogen-bond acceptors (Lipinski definition) is 5. The average Bonchev–Trinajstić information content (AvgIpc) is 2.80. The van der Waals surface area contributed by atoms with Crippen LogP contribution in [-0.2, 0) is 4.79 Å². The van der Waals surface area contributed by atoms with E-state index in [9.17, 15) is 9.59 Å². The first-order valence-electron chi connectivity index (χ1n) is 10.8. The number of nitrogens with zero attached hydrogens (tertiary/aromatic N) is 3. The molecule has 2 aromatic carbocycles. The van der Waals surface area contributed by atoms with Crippen LogP contribution in [0.2, 0.25) is 0 Å². The topological polar surface area (TPSA) is 87.2 Å². The van der Waals surface area contributed by atoms with Crippen molar-refractivity contribution in [3.8, 4) is 11.3 Å². The number of carbonyl (C=O) groups excluding carboxylic acids is 2. The van der Waals surface area contributed by atoms with Gasteiger partial charge in [-0.15, -0.1) is 0 Å². The zero-order chi connectivity index (χ0) is 22.5. The van der Waals surface area contributed by atoms with E-state index in [1.54, 1.807) is 6.20 Å². The number of amides is 2. The number of aromatic nitrogens is 2. The molecule has 164 valence electrons. The maximum atomic E-state index is 12.8. The van der Waals surface area contributed by atoms with Gasteiger partial charge in [0.25, 0.3) is 5.91 Å². The molecule has 0 radical (unpaired) electrons. The number of nitrogens with one attached hydrogen (secondary N) is 2. The maximum absolute atomic E-state index is 12.8. The molecule has 7 nitrogen and oxygen atoms in total. The Kier molecular flexibility index (Phi) is 6.44. The number of piperidine rings is 1. The van der Waals surface area contributed by atoms with Crippen molar-refractivity contribution in [3.63, 3.8) is 0 Å². The van der Waals surface area contributed by atoms with Crippen LogP contribution in [0, 0.1) is 6.92 Å². The summed E-state index contributed by atoms with van der Waals surface area (Å²) >= 11 is 0. The molecule has 1 aromatic heterocycles. The van der Waals surface area contributed by atoms with Crippen LogP contribution in [0.4, 0.5) is 11.6 Å². The second-order valence-corrected chi connectivity index (χ2v) is 8.10. The smallest absolute Gasteiger partial charge is 0.253 e. The number of likely N-dealkylation sites (tertiary alicyclic amines) is 1. The summed E-state index contributed by atoms with van der Waals surface area (Å²) in [6.07, 6.45) is 3.28. The Morgan fingerprint density at radius 1 is 0.969 bits per heavy atom. The fourth-order valence-electron chi connectivity index (χ4n) is 3.83. The lowest BCUT2D eigenvalue weighted by Gasteiger charge is -2.32. The number of aryl methyl sites for hydroxylation is 1. The third kappa shape index (κ3) is 5.29.